The van der Waals surface area contributed by atoms with Crippen LogP contribution in [0.3, 0.4) is 0 Å². The molecule has 5 heteroatoms. The minimum Gasteiger partial charge on any atom is -0.489 e. The minimum absolute atomic E-state index is 0.294. The molecule has 2 rings (SSSR count). The lowest BCUT2D eigenvalue weighted by Gasteiger charge is -2.11. The highest BCUT2D eigenvalue weighted by atomic mass is 79.9. The molecule has 0 unspecified atom stereocenters. The van der Waals surface area contributed by atoms with Gasteiger partial charge >= 0.3 is 0 Å². The van der Waals surface area contributed by atoms with Crippen LogP contribution in [0.15, 0.2) is 40.9 Å². The molecule has 2 nitrogen and oxygen atoms in total. The number of hydrogen-bond donors (Lipinski definition) is 1. The summed E-state index contributed by atoms with van der Waals surface area (Å²) in [4.78, 5) is 0. The Morgan fingerprint density at radius 2 is 2.00 bits per heavy atom. The van der Waals surface area contributed by atoms with E-state index in [1.165, 1.54) is 6.07 Å². The maximum atomic E-state index is 13.1. The topological polar surface area (TPSA) is 35.2 Å². The fourth-order valence-corrected chi connectivity index (χ4v) is 2.26. The molecule has 2 aromatic rings. The first-order chi connectivity index (χ1) is 9.10. The third-order valence-corrected chi connectivity index (χ3v) is 3.46. The van der Waals surface area contributed by atoms with Gasteiger partial charge < -0.3 is 10.5 Å². The van der Waals surface area contributed by atoms with Crippen molar-refractivity contribution in [2.75, 3.05) is 0 Å². The maximum absolute atomic E-state index is 13.1. The Bertz CT molecular complexity index is 592. The van der Waals surface area contributed by atoms with Crippen molar-refractivity contribution >= 4 is 27.5 Å². The molecule has 100 valence electrons. The van der Waals surface area contributed by atoms with E-state index in [-0.39, 0.29) is 5.82 Å². The van der Waals surface area contributed by atoms with Gasteiger partial charge in [0.25, 0.3) is 0 Å². The summed E-state index contributed by atoms with van der Waals surface area (Å²) < 4.78 is 19.2. The zero-order valence-electron chi connectivity index (χ0n) is 10.00. The monoisotopic (exact) mass is 343 g/mol. The molecule has 0 aliphatic carbocycles. The van der Waals surface area contributed by atoms with Gasteiger partial charge in [-0.25, -0.2) is 4.39 Å². The van der Waals surface area contributed by atoms with Crippen LogP contribution in [0.4, 0.5) is 4.39 Å². The van der Waals surface area contributed by atoms with Crippen LogP contribution in [-0.2, 0) is 13.2 Å². The van der Waals surface area contributed by atoms with E-state index in [4.69, 9.17) is 22.1 Å². The molecule has 0 aromatic heterocycles. The minimum atomic E-state index is -0.294. The molecular formula is C14H12BrClFNO. The van der Waals surface area contributed by atoms with Crippen molar-refractivity contribution in [1.82, 2.24) is 0 Å². The predicted octanol–water partition coefficient (Wildman–Crippen LogP) is 4.28. The molecule has 0 heterocycles. The van der Waals surface area contributed by atoms with Crippen LogP contribution in [0, 0.1) is 5.82 Å². The van der Waals surface area contributed by atoms with Crippen molar-refractivity contribution in [3.05, 3.63) is 62.8 Å². The van der Waals surface area contributed by atoms with E-state index >= 15 is 0 Å². The fraction of sp³-hybridized carbons (Fsp3) is 0.143. The third-order valence-electron chi connectivity index (χ3n) is 2.62. The average molecular weight is 345 g/mol. The van der Waals surface area contributed by atoms with E-state index in [1.54, 1.807) is 30.3 Å². The van der Waals surface area contributed by atoms with E-state index in [9.17, 15) is 4.39 Å². The zero-order chi connectivity index (χ0) is 13.8. The lowest BCUT2D eigenvalue weighted by molar-refractivity contribution is 0.303. The summed E-state index contributed by atoms with van der Waals surface area (Å²) in [5.41, 5.74) is 7.34. The molecule has 0 aliphatic heterocycles. The summed E-state index contributed by atoms with van der Waals surface area (Å²) in [5, 5.41) is 0.623. The first kappa shape index (κ1) is 14.3. The van der Waals surface area contributed by atoms with E-state index in [0.717, 1.165) is 11.1 Å². The van der Waals surface area contributed by atoms with Gasteiger partial charge in [-0.1, -0.05) is 17.7 Å². The van der Waals surface area contributed by atoms with Crippen molar-refractivity contribution in [2.45, 2.75) is 13.2 Å². The Hall–Kier alpha value is -1.10. The lowest BCUT2D eigenvalue weighted by Crippen LogP contribution is -2.03. The molecule has 0 atom stereocenters. The summed E-state index contributed by atoms with van der Waals surface area (Å²) in [6, 6.07) is 10.1. The number of halogens is 3. The molecule has 19 heavy (non-hydrogen) atoms. The fourth-order valence-electron chi connectivity index (χ4n) is 1.64. The lowest BCUT2D eigenvalue weighted by atomic mass is 10.2. The van der Waals surface area contributed by atoms with Gasteiger partial charge in [0.1, 0.15) is 18.2 Å². The highest BCUT2D eigenvalue weighted by molar-refractivity contribution is 9.10. The summed E-state index contributed by atoms with van der Waals surface area (Å²) in [7, 11) is 0. The number of ether oxygens (including phenoxy) is 1. The quantitative estimate of drug-likeness (QED) is 0.898. The molecule has 0 amide bonds. The number of benzene rings is 2. The van der Waals surface area contributed by atoms with Gasteiger partial charge in [-0.2, -0.15) is 0 Å². The van der Waals surface area contributed by atoms with E-state index in [1.807, 2.05) is 0 Å². The van der Waals surface area contributed by atoms with Crippen molar-refractivity contribution in [1.29, 1.82) is 0 Å². The molecule has 0 bridgehead atoms. The number of hydrogen-bond acceptors (Lipinski definition) is 2. The molecule has 0 fully saturated rings. The van der Waals surface area contributed by atoms with Gasteiger partial charge in [0.15, 0.2) is 0 Å². The summed E-state index contributed by atoms with van der Waals surface area (Å²) in [6.45, 7) is 0.691. The first-order valence-corrected chi connectivity index (χ1v) is 6.82. The standard InChI is InChI=1S/C14H12BrClFNO/c15-12-5-9(1-3-13(12)17)8-19-14-4-2-11(16)6-10(14)7-18/h1-6H,7-8,18H2. The summed E-state index contributed by atoms with van der Waals surface area (Å²) in [6.07, 6.45) is 0. The first-order valence-electron chi connectivity index (χ1n) is 5.65. The molecule has 0 aliphatic rings. The predicted molar refractivity (Wildman–Crippen MR) is 77.8 cm³/mol. The Morgan fingerprint density at radius 3 is 2.68 bits per heavy atom. The smallest absolute Gasteiger partial charge is 0.137 e. The molecule has 0 radical (unpaired) electrons. The van der Waals surface area contributed by atoms with Crippen LogP contribution < -0.4 is 10.5 Å². The summed E-state index contributed by atoms with van der Waals surface area (Å²) >= 11 is 9.03. The van der Waals surface area contributed by atoms with Gasteiger partial charge in [0, 0.05) is 17.1 Å². The molecule has 0 saturated heterocycles. The van der Waals surface area contributed by atoms with Crippen LogP contribution in [0.2, 0.25) is 5.02 Å². The molecular weight excluding hydrogens is 333 g/mol. The Balaban J connectivity index is 2.12. The Morgan fingerprint density at radius 1 is 1.21 bits per heavy atom. The summed E-state index contributed by atoms with van der Waals surface area (Å²) in [5.74, 6) is 0.394. The zero-order valence-corrected chi connectivity index (χ0v) is 12.3. The van der Waals surface area contributed by atoms with Crippen LogP contribution >= 0.6 is 27.5 Å². The molecule has 0 spiro atoms. The van der Waals surface area contributed by atoms with Crippen LogP contribution in [0.1, 0.15) is 11.1 Å². The Kier molecular flexibility index (Phi) is 4.80. The second-order valence-electron chi connectivity index (χ2n) is 3.99. The van der Waals surface area contributed by atoms with Crippen LogP contribution in [0.5, 0.6) is 5.75 Å². The van der Waals surface area contributed by atoms with E-state index < -0.39 is 0 Å². The number of nitrogens with two attached hydrogens (primary N) is 1. The van der Waals surface area contributed by atoms with Gasteiger partial charge in [-0.3, -0.25) is 0 Å². The van der Waals surface area contributed by atoms with Gasteiger partial charge in [0.2, 0.25) is 0 Å². The molecule has 0 saturated carbocycles. The normalized spacial score (nSPS) is 10.5. The van der Waals surface area contributed by atoms with Crippen molar-refractivity contribution in [2.24, 2.45) is 5.73 Å². The van der Waals surface area contributed by atoms with Crippen molar-refractivity contribution in [3.63, 3.8) is 0 Å². The third kappa shape index (κ3) is 3.69. The van der Waals surface area contributed by atoms with Crippen molar-refractivity contribution in [3.8, 4) is 5.75 Å². The van der Waals surface area contributed by atoms with Crippen LogP contribution in [-0.4, -0.2) is 0 Å². The molecule has 2 N–H and O–H groups in total. The van der Waals surface area contributed by atoms with Gasteiger partial charge in [-0.15, -0.1) is 0 Å². The van der Waals surface area contributed by atoms with Crippen molar-refractivity contribution < 1.29 is 9.13 Å². The molecule has 2 aromatic carbocycles. The second-order valence-corrected chi connectivity index (χ2v) is 5.28. The van der Waals surface area contributed by atoms with Gasteiger partial charge in [-0.05, 0) is 51.8 Å². The van der Waals surface area contributed by atoms with Crippen LogP contribution in [0.25, 0.3) is 0 Å². The van der Waals surface area contributed by atoms with E-state index in [0.29, 0.717) is 28.4 Å². The van der Waals surface area contributed by atoms with E-state index in [2.05, 4.69) is 15.9 Å². The highest BCUT2D eigenvalue weighted by Crippen LogP contribution is 2.24. The maximum Gasteiger partial charge on any atom is 0.137 e. The van der Waals surface area contributed by atoms with Gasteiger partial charge in [0.05, 0.1) is 4.47 Å². The Labute approximate surface area is 124 Å². The second kappa shape index (κ2) is 6.37. The number of rotatable bonds is 4. The highest BCUT2D eigenvalue weighted by Gasteiger charge is 2.05. The largest absolute Gasteiger partial charge is 0.489 e. The SMILES string of the molecule is NCc1cc(Cl)ccc1OCc1ccc(F)c(Br)c1. The average Bonchev–Trinajstić information content (AvgIpc) is 2.41.